The van der Waals surface area contributed by atoms with Crippen molar-refractivity contribution in [3.05, 3.63) is 32.8 Å². The number of rotatable bonds is 3. The zero-order valence-corrected chi connectivity index (χ0v) is 17.0. The summed E-state index contributed by atoms with van der Waals surface area (Å²) >= 11 is 9.80. The molecule has 6 heteroatoms. The first kappa shape index (κ1) is 19.5. The highest BCUT2D eigenvalue weighted by atomic mass is 79.9. The second-order valence-electron chi connectivity index (χ2n) is 7.03. The standard InChI is InChI=1S/C18H25BrClNO3/c1-5-13-8-12(10-15(19)16(13)20)9-14-11-21(6-7-23-14)17(22)24-18(2,3)4/h8,10,14H,5-7,9,11H2,1-4H3. The molecule has 1 aliphatic rings. The van der Waals surface area contributed by atoms with Crippen LogP contribution >= 0.6 is 27.5 Å². The summed E-state index contributed by atoms with van der Waals surface area (Å²) in [6.07, 6.45) is 1.30. The first-order valence-corrected chi connectivity index (χ1v) is 9.43. The van der Waals surface area contributed by atoms with E-state index >= 15 is 0 Å². The number of ether oxygens (including phenoxy) is 2. The van der Waals surface area contributed by atoms with Gasteiger partial charge in [0, 0.05) is 17.4 Å². The first-order valence-electron chi connectivity index (χ1n) is 8.26. The van der Waals surface area contributed by atoms with Gasteiger partial charge in [0.15, 0.2) is 0 Å². The van der Waals surface area contributed by atoms with Gasteiger partial charge in [0.05, 0.1) is 24.3 Å². The molecule has 1 amide bonds. The molecule has 0 radical (unpaired) electrons. The number of carbonyl (C=O) groups excluding carboxylic acids is 1. The Morgan fingerprint density at radius 3 is 2.79 bits per heavy atom. The summed E-state index contributed by atoms with van der Waals surface area (Å²) in [5, 5.41) is 0.765. The van der Waals surface area contributed by atoms with Gasteiger partial charge in [-0.05, 0) is 60.3 Å². The van der Waals surface area contributed by atoms with Crippen LogP contribution < -0.4 is 0 Å². The average Bonchev–Trinajstić information content (AvgIpc) is 2.49. The van der Waals surface area contributed by atoms with Crippen LogP contribution in [0.1, 0.15) is 38.8 Å². The van der Waals surface area contributed by atoms with Crippen molar-refractivity contribution < 1.29 is 14.3 Å². The highest BCUT2D eigenvalue weighted by Crippen LogP contribution is 2.29. The number of carbonyl (C=O) groups is 1. The molecule has 1 aromatic rings. The third kappa shape index (κ3) is 5.36. The minimum Gasteiger partial charge on any atom is -0.444 e. The molecule has 2 rings (SSSR count). The van der Waals surface area contributed by atoms with Gasteiger partial charge in [-0.1, -0.05) is 24.6 Å². The number of hydrogen-bond acceptors (Lipinski definition) is 3. The second-order valence-corrected chi connectivity index (χ2v) is 8.26. The van der Waals surface area contributed by atoms with E-state index in [1.807, 2.05) is 26.8 Å². The molecule has 1 unspecified atom stereocenters. The number of amides is 1. The molecule has 0 aliphatic carbocycles. The molecular weight excluding hydrogens is 394 g/mol. The first-order chi connectivity index (χ1) is 11.2. The number of morpholine rings is 1. The van der Waals surface area contributed by atoms with E-state index in [0.717, 1.165) is 33.5 Å². The quantitative estimate of drug-likeness (QED) is 0.705. The maximum Gasteiger partial charge on any atom is 0.410 e. The summed E-state index contributed by atoms with van der Waals surface area (Å²) in [5.74, 6) is 0. The molecule has 1 saturated heterocycles. The summed E-state index contributed by atoms with van der Waals surface area (Å²) < 4.78 is 12.2. The highest BCUT2D eigenvalue weighted by molar-refractivity contribution is 9.10. The molecule has 0 saturated carbocycles. The molecule has 0 N–H and O–H groups in total. The van der Waals surface area contributed by atoms with Gasteiger partial charge in [0.1, 0.15) is 5.60 Å². The SMILES string of the molecule is CCc1cc(CC2CN(C(=O)OC(C)(C)C)CCO2)cc(Br)c1Cl. The van der Waals surface area contributed by atoms with Crippen LogP contribution in [0, 0.1) is 0 Å². The fraction of sp³-hybridized carbons (Fsp3) is 0.611. The zero-order chi connectivity index (χ0) is 17.9. The van der Waals surface area contributed by atoms with E-state index in [1.165, 1.54) is 0 Å². The smallest absolute Gasteiger partial charge is 0.410 e. The average molecular weight is 419 g/mol. The van der Waals surface area contributed by atoms with Gasteiger partial charge < -0.3 is 14.4 Å². The van der Waals surface area contributed by atoms with Crippen molar-refractivity contribution in [1.29, 1.82) is 0 Å². The van der Waals surface area contributed by atoms with Crippen molar-refractivity contribution in [2.45, 2.75) is 52.2 Å². The minimum atomic E-state index is -0.484. The normalized spacial score (nSPS) is 18.6. The van der Waals surface area contributed by atoms with Crippen molar-refractivity contribution in [2.75, 3.05) is 19.7 Å². The number of benzene rings is 1. The molecule has 4 nitrogen and oxygen atoms in total. The summed E-state index contributed by atoms with van der Waals surface area (Å²) in [6.45, 7) is 9.34. The van der Waals surface area contributed by atoms with E-state index < -0.39 is 5.60 Å². The van der Waals surface area contributed by atoms with Gasteiger partial charge in [-0.15, -0.1) is 0 Å². The summed E-state index contributed by atoms with van der Waals surface area (Å²) in [6, 6.07) is 4.14. The van der Waals surface area contributed by atoms with Gasteiger partial charge in [-0.2, -0.15) is 0 Å². The Kier molecular flexibility index (Phi) is 6.57. The Labute approximate surface area is 157 Å². The molecule has 1 heterocycles. The Bertz CT molecular complexity index is 601. The molecule has 1 fully saturated rings. The van der Waals surface area contributed by atoms with Crippen molar-refractivity contribution in [1.82, 2.24) is 4.90 Å². The zero-order valence-electron chi connectivity index (χ0n) is 14.7. The lowest BCUT2D eigenvalue weighted by Gasteiger charge is -2.34. The molecule has 0 spiro atoms. The van der Waals surface area contributed by atoms with E-state index in [4.69, 9.17) is 21.1 Å². The highest BCUT2D eigenvalue weighted by Gasteiger charge is 2.28. The van der Waals surface area contributed by atoms with Crippen LogP contribution in [0.3, 0.4) is 0 Å². The molecule has 0 bridgehead atoms. The molecule has 0 aromatic heterocycles. The Hall–Kier alpha value is -0.780. The summed E-state index contributed by atoms with van der Waals surface area (Å²) in [7, 11) is 0. The largest absolute Gasteiger partial charge is 0.444 e. The topological polar surface area (TPSA) is 38.8 Å². The van der Waals surface area contributed by atoms with E-state index in [0.29, 0.717) is 19.7 Å². The lowest BCUT2D eigenvalue weighted by molar-refractivity contribution is -0.0415. The van der Waals surface area contributed by atoms with Gasteiger partial charge in [0.2, 0.25) is 0 Å². The van der Waals surface area contributed by atoms with Crippen LogP contribution in [0.15, 0.2) is 16.6 Å². The fourth-order valence-electron chi connectivity index (χ4n) is 2.68. The van der Waals surface area contributed by atoms with Gasteiger partial charge >= 0.3 is 6.09 Å². The summed E-state index contributed by atoms with van der Waals surface area (Å²) in [4.78, 5) is 14.0. The van der Waals surface area contributed by atoms with E-state index in [9.17, 15) is 4.79 Å². The maximum absolute atomic E-state index is 12.2. The van der Waals surface area contributed by atoms with Crippen LogP contribution in [0.4, 0.5) is 4.79 Å². The third-order valence-electron chi connectivity index (χ3n) is 3.80. The van der Waals surface area contributed by atoms with Gasteiger partial charge in [-0.25, -0.2) is 4.79 Å². The number of hydrogen-bond donors (Lipinski definition) is 0. The van der Waals surface area contributed by atoms with Crippen LogP contribution in [-0.4, -0.2) is 42.4 Å². The van der Waals surface area contributed by atoms with E-state index in [-0.39, 0.29) is 12.2 Å². The lowest BCUT2D eigenvalue weighted by atomic mass is 10.0. The number of aryl methyl sites for hydroxylation is 1. The van der Waals surface area contributed by atoms with Crippen molar-refractivity contribution in [3.8, 4) is 0 Å². The van der Waals surface area contributed by atoms with Gasteiger partial charge in [-0.3, -0.25) is 0 Å². The molecule has 24 heavy (non-hydrogen) atoms. The van der Waals surface area contributed by atoms with Crippen LogP contribution in [-0.2, 0) is 22.3 Å². The minimum absolute atomic E-state index is 0.0379. The maximum atomic E-state index is 12.2. The van der Waals surface area contributed by atoms with Crippen molar-refractivity contribution in [3.63, 3.8) is 0 Å². The summed E-state index contributed by atoms with van der Waals surface area (Å²) in [5.41, 5.74) is 1.78. The predicted molar refractivity (Wildman–Crippen MR) is 99.8 cm³/mol. The Morgan fingerprint density at radius 2 is 2.17 bits per heavy atom. The van der Waals surface area contributed by atoms with Crippen LogP contribution in [0.25, 0.3) is 0 Å². The van der Waals surface area contributed by atoms with E-state index in [1.54, 1.807) is 4.90 Å². The molecule has 1 atom stereocenters. The molecular formula is C18H25BrClNO3. The predicted octanol–water partition coefficient (Wildman–Crippen LogP) is 4.84. The van der Waals surface area contributed by atoms with E-state index in [2.05, 4.69) is 28.9 Å². The van der Waals surface area contributed by atoms with Gasteiger partial charge in [0.25, 0.3) is 0 Å². The Morgan fingerprint density at radius 1 is 1.46 bits per heavy atom. The number of nitrogens with zero attached hydrogens (tertiary/aromatic N) is 1. The second kappa shape index (κ2) is 8.07. The molecule has 1 aliphatic heterocycles. The lowest BCUT2D eigenvalue weighted by Crippen LogP contribution is -2.48. The van der Waals surface area contributed by atoms with Crippen molar-refractivity contribution in [2.24, 2.45) is 0 Å². The molecule has 134 valence electrons. The fourth-order valence-corrected chi connectivity index (χ4v) is 3.47. The number of halogens is 2. The van der Waals surface area contributed by atoms with Crippen LogP contribution in [0.5, 0.6) is 0 Å². The Balaban J connectivity index is 2.03. The monoisotopic (exact) mass is 417 g/mol. The third-order valence-corrected chi connectivity index (χ3v) is 5.10. The molecule has 1 aromatic carbocycles. The van der Waals surface area contributed by atoms with Crippen molar-refractivity contribution >= 4 is 33.6 Å². The van der Waals surface area contributed by atoms with Crippen LogP contribution in [0.2, 0.25) is 5.02 Å².